The van der Waals surface area contributed by atoms with Gasteiger partial charge in [-0.3, -0.25) is 4.68 Å². The van der Waals surface area contributed by atoms with Crippen LogP contribution in [0.1, 0.15) is 30.0 Å². The summed E-state index contributed by atoms with van der Waals surface area (Å²) >= 11 is 6.13. The highest BCUT2D eigenvalue weighted by Crippen LogP contribution is 2.28. The second-order valence-electron chi connectivity index (χ2n) is 4.56. The van der Waals surface area contributed by atoms with Crippen molar-refractivity contribution in [2.75, 3.05) is 0 Å². The largest absolute Gasteiger partial charge is 0.486 e. The smallest absolute Gasteiger partial charge is 0.138 e. The van der Waals surface area contributed by atoms with Gasteiger partial charge in [0, 0.05) is 7.05 Å². The Labute approximate surface area is 117 Å². The van der Waals surface area contributed by atoms with Crippen LogP contribution in [0.2, 0.25) is 5.02 Å². The van der Waals surface area contributed by atoms with Crippen molar-refractivity contribution in [3.05, 3.63) is 46.2 Å². The molecule has 0 aliphatic rings. The lowest BCUT2D eigenvalue weighted by atomic mass is 10.1. The van der Waals surface area contributed by atoms with E-state index in [2.05, 4.69) is 5.10 Å². The predicted octanol–water partition coefficient (Wildman–Crippen LogP) is 3.01. The fraction of sp³-hybridized carbons (Fsp3) is 0.357. The maximum Gasteiger partial charge on any atom is 0.138 e. The number of nitrogens with zero attached hydrogens (tertiary/aromatic N) is 2. The third-order valence-corrected chi connectivity index (χ3v) is 3.21. The van der Waals surface area contributed by atoms with Gasteiger partial charge in [-0.1, -0.05) is 17.7 Å². The molecule has 1 heterocycles. The van der Waals surface area contributed by atoms with Gasteiger partial charge in [0.05, 0.1) is 22.5 Å². The van der Waals surface area contributed by atoms with Crippen LogP contribution in [0.5, 0.6) is 5.75 Å². The number of hydrogen-bond acceptors (Lipinski definition) is 3. The van der Waals surface area contributed by atoms with Crippen LogP contribution in [0.4, 0.5) is 0 Å². The first kappa shape index (κ1) is 13.9. The van der Waals surface area contributed by atoms with E-state index in [0.29, 0.717) is 17.4 Å². The summed E-state index contributed by atoms with van der Waals surface area (Å²) in [6, 6.07) is 7.27. The molecule has 0 saturated carbocycles. The molecule has 0 amide bonds. The van der Waals surface area contributed by atoms with Gasteiger partial charge < -0.3 is 9.84 Å². The molecule has 102 valence electrons. The minimum absolute atomic E-state index is 0.408. The van der Waals surface area contributed by atoms with Gasteiger partial charge in [0.2, 0.25) is 0 Å². The summed E-state index contributed by atoms with van der Waals surface area (Å²) in [5.41, 5.74) is 2.71. The van der Waals surface area contributed by atoms with Crippen molar-refractivity contribution in [1.29, 1.82) is 0 Å². The zero-order chi connectivity index (χ0) is 14.0. The molecule has 0 saturated heterocycles. The Balaban J connectivity index is 2.10. The number of benzene rings is 1. The van der Waals surface area contributed by atoms with Gasteiger partial charge in [0.25, 0.3) is 0 Å². The second-order valence-corrected chi connectivity index (χ2v) is 4.96. The van der Waals surface area contributed by atoms with E-state index in [4.69, 9.17) is 16.3 Å². The summed E-state index contributed by atoms with van der Waals surface area (Å²) in [6.07, 6.45) is -0.536. The van der Waals surface area contributed by atoms with Crippen molar-refractivity contribution in [3.63, 3.8) is 0 Å². The van der Waals surface area contributed by atoms with Crippen LogP contribution in [-0.4, -0.2) is 14.9 Å². The second kappa shape index (κ2) is 5.63. The molecule has 0 spiro atoms. The number of aliphatic hydroxyl groups excluding tert-OH is 1. The lowest BCUT2D eigenvalue weighted by Gasteiger charge is -2.10. The number of ether oxygens (including phenoxy) is 1. The van der Waals surface area contributed by atoms with Crippen LogP contribution in [0, 0.1) is 6.92 Å². The standard InChI is InChI=1S/C14H17ClN2O2/c1-9-6-12(17(3)16-9)8-19-14-5-4-11(10(2)18)7-13(14)15/h4-7,10,18H,8H2,1-3H3/t10-/m1/s1. The topological polar surface area (TPSA) is 47.3 Å². The molecule has 0 radical (unpaired) electrons. The fourth-order valence-corrected chi connectivity index (χ4v) is 2.09. The van der Waals surface area contributed by atoms with Crippen molar-refractivity contribution in [3.8, 4) is 5.75 Å². The first-order valence-corrected chi connectivity index (χ1v) is 6.45. The average molecular weight is 281 g/mol. The average Bonchev–Trinajstić information content (AvgIpc) is 2.66. The third kappa shape index (κ3) is 3.28. The third-order valence-electron chi connectivity index (χ3n) is 2.91. The molecule has 4 nitrogen and oxygen atoms in total. The van der Waals surface area contributed by atoms with Gasteiger partial charge in [0.15, 0.2) is 0 Å². The maximum absolute atomic E-state index is 9.48. The van der Waals surface area contributed by atoms with Crippen molar-refractivity contribution in [2.45, 2.75) is 26.6 Å². The summed E-state index contributed by atoms with van der Waals surface area (Å²) in [4.78, 5) is 0. The molecule has 1 aromatic heterocycles. The lowest BCUT2D eigenvalue weighted by molar-refractivity contribution is 0.199. The number of aliphatic hydroxyl groups is 1. The molecule has 19 heavy (non-hydrogen) atoms. The van der Waals surface area contributed by atoms with Crippen LogP contribution in [0.15, 0.2) is 24.3 Å². The number of aromatic nitrogens is 2. The van der Waals surface area contributed by atoms with Crippen LogP contribution >= 0.6 is 11.6 Å². The molecule has 0 bridgehead atoms. The minimum Gasteiger partial charge on any atom is -0.486 e. The van der Waals surface area contributed by atoms with Crippen LogP contribution in [-0.2, 0) is 13.7 Å². The molecule has 0 aliphatic heterocycles. The van der Waals surface area contributed by atoms with Gasteiger partial charge in [-0.25, -0.2) is 0 Å². The normalized spacial score (nSPS) is 12.5. The van der Waals surface area contributed by atoms with Crippen LogP contribution in [0.3, 0.4) is 0 Å². The zero-order valence-corrected chi connectivity index (χ0v) is 12.0. The summed E-state index contributed by atoms with van der Waals surface area (Å²) in [7, 11) is 1.88. The molecule has 0 aliphatic carbocycles. The summed E-state index contributed by atoms with van der Waals surface area (Å²) in [6.45, 7) is 4.05. The molecule has 1 N–H and O–H groups in total. The molecule has 0 fully saturated rings. The molecule has 1 aromatic carbocycles. The molecule has 2 rings (SSSR count). The van der Waals surface area contributed by atoms with E-state index in [9.17, 15) is 5.11 Å². The number of halogens is 1. The molecule has 0 unspecified atom stereocenters. The Bertz CT molecular complexity index is 579. The quantitative estimate of drug-likeness (QED) is 0.936. The van der Waals surface area contributed by atoms with E-state index in [-0.39, 0.29) is 0 Å². The van der Waals surface area contributed by atoms with Crippen molar-refractivity contribution < 1.29 is 9.84 Å². The Kier molecular flexibility index (Phi) is 4.12. The van der Waals surface area contributed by atoms with E-state index in [1.54, 1.807) is 29.8 Å². The monoisotopic (exact) mass is 280 g/mol. The number of rotatable bonds is 4. The molecule has 2 aromatic rings. The highest BCUT2D eigenvalue weighted by Gasteiger charge is 2.08. The number of hydrogen-bond donors (Lipinski definition) is 1. The van der Waals surface area contributed by atoms with Gasteiger partial charge in [-0.2, -0.15) is 5.10 Å². The zero-order valence-electron chi connectivity index (χ0n) is 11.2. The van der Waals surface area contributed by atoms with Crippen molar-refractivity contribution in [1.82, 2.24) is 9.78 Å². The molecular weight excluding hydrogens is 264 g/mol. The first-order chi connectivity index (χ1) is 8.97. The first-order valence-electron chi connectivity index (χ1n) is 6.07. The Morgan fingerprint density at radius 1 is 1.42 bits per heavy atom. The highest BCUT2D eigenvalue weighted by atomic mass is 35.5. The van der Waals surface area contributed by atoms with Gasteiger partial charge in [0.1, 0.15) is 12.4 Å². The van der Waals surface area contributed by atoms with Crippen LogP contribution < -0.4 is 4.74 Å². The summed E-state index contributed by atoms with van der Waals surface area (Å²) < 4.78 is 7.46. The summed E-state index contributed by atoms with van der Waals surface area (Å²) in [5.74, 6) is 0.602. The van der Waals surface area contributed by atoms with E-state index in [1.807, 2.05) is 20.0 Å². The Hall–Kier alpha value is -1.52. The van der Waals surface area contributed by atoms with E-state index in [1.165, 1.54) is 0 Å². The van der Waals surface area contributed by atoms with Crippen LogP contribution in [0.25, 0.3) is 0 Å². The molecule has 1 atom stereocenters. The highest BCUT2D eigenvalue weighted by molar-refractivity contribution is 6.32. The van der Waals surface area contributed by atoms with E-state index < -0.39 is 6.10 Å². The molecular formula is C14H17ClN2O2. The van der Waals surface area contributed by atoms with Gasteiger partial charge in [-0.15, -0.1) is 0 Å². The Morgan fingerprint density at radius 3 is 2.68 bits per heavy atom. The SMILES string of the molecule is Cc1cc(COc2ccc([C@@H](C)O)cc2Cl)n(C)n1. The number of aryl methyl sites for hydroxylation is 2. The fourth-order valence-electron chi connectivity index (χ4n) is 1.85. The summed E-state index contributed by atoms with van der Waals surface area (Å²) in [5, 5.41) is 14.2. The van der Waals surface area contributed by atoms with E-state index >= 15 is 0 Å². The maximum atomic E-state index is 9.48. The predicted molar refractivity (Wildman–Crippen MR) is 74.4 cm³/mol. The van der Waals surface area contributed by atoms with Gasteiger partial charge >= 0.3 is 0 Å². The minimum atomic E-state index is -0.536. The molecule has 5 heteroatoms. The van der Waals surface area contributed by atoms with E-state index in [0.717, 1.165) is 17.0 Å². The van der Waals surface area contributed by atoms with Gasteiger partial charge in [-0.05, 0) is 37.6 Å². The van der Waals surface area contributed by atoms with Crippen molar-refractivity contribution >= 4 is 11.6 Å². The Morgan fingerprint density at radius 2 is 2.16 bits per heavy atom. The lowest BCUT2D eigenvalue weighted by Crippen LogP contribution is -2.03. The van der Waals surface area contributed by atoms with Crippen molar-refractivity contribution in [2.24, 2.45) is 7.05 Å².